The molecule has 0 spiro atoms. The number of benzene rings is 3. The normalized spacial score (nSPS) is 16.8. The molecule has 0 unspecified atom stereocenters. The minimum atomic E-state index is -0.244. The Bertz CT molecular complexity index is 907. The predicted octanol–water partition coefficient (Wildman–Crippen LogP) is 5.83. The standard InChI is InChI=1S/C21H16ClFN2/c22-16-12-10-15(11-13-16)21-14-20(18-8-4-5-9-19(18)23)24-25(21)17-6-2-1-3-7-17/h1-13,21H,14H2/t21-/m0/s1. The number of para-hydroxylation sites is 1. The van der Waals surface area contributed by atoms with E-state index >= 15 is 0 Å². The lowest BCUT2D eigenvalue weighted by atomic mass is 9.98. The van der Waals surface area contributed by atoms with Gasteiger partial charge in [0.2, 0.25) is 0 Å². The first-order chi connectivity index (χ1) is 12.2. The summed E-state index contributed by atoms with van der Waals surface area (Å²) < 4.78 is 14.2. The van der Waals surface area contributed by atoms with Crippen LogP contribution < -0.4 is 5.01 Å². The second-order valence-electron chi connectivity index (χ2n) is 5.98. The molecule has 0 amide bonds. The molecular formula is C21H16ClFN2. The summed E-state index contributed by atoms with van der Waals surface area (Å²) in [6, 6.07) is 24.5. The minimum absolute atomic E-state index is 0.00859. The molecule has 1 aliphatic heterocycles. The number of hydrazone groups is 1. The zero-order valence-electron chi connectivity index (χ0n) is 13.4. The zero-order valence-corrected chi connectivity index (χ0v) is 14.2. The molecule has 3 aromatic rings. The van der Waals surface area contributed by atoms with E-state index in [0.717, 1.165) is 17.0 Å². The second kappa shape index (κ2) is 6.69. The van der Waals surface area contributed by atoms with Crippen LogP contribution >= 0.6 is 11.6 Å². The van der Waals surface area contributed by atoms with E-state index in [2.05, 4.69) is 0 Å². The summed E-state index contributed by atoms with van der Waals surface area (Å²) >= 11 is 6.03. The Kier molecular flexibility index (Phi) is 4.24. The highest BCUT2D eigenvalue weighted by molar-refractivity contribution is 6.30. The van der Waals surface area contributed by atoms with Crippen molar-refractivity contribution in [3.8, 4) is 0 Å². The fraction of sp³-hybridized carbons (Fsp3) is 0.0952. The monoisotopic (exact) mass is 350 g/mol. The molecule has 25 heavy (non-hydrogen) atoms. The van der Waals surface area contributed by atoms with Crippen LogP contribution in [0.5, 0.6) is 0 Å². The Labute approximate surface area is 151 Å². The maximum absolute atomic E-state index is 14.2. The summed E-state index contributed by atoms with van der Waals surface area (Å²) in [5.74, 6) is -0.244. The van der Waals surface area contributed by atoms with Crippen LogP contribution in [0.4, 0.5) is 10.1 Å². The Morgan fingerprint density at radius 1 is 0.880 bits per heavy atom. The molecule has 124 valence electrons. The molecule has 1 atom stereocenters. The van der Waals surface area contributed by atoms with E-state index in [4.69, 9.17) is 16.7 Å². The second-order valence-corrected chi connectivity index (χ2v) is 6.41. The lowest BCUT2D eigenvalue weighted by molar-refractivity contribution is 0.624. The van der Waals surface area contributed by atoms with Gasteiger partial charge in [0, 0.05) is 17.0 Å². The average Bonchev–Trinajstić information content (AvgIpc) is 3.08. The van der Waals surface area contributed by atoms with Crippen LogP contribution in [-0.2, 0) is 0 Å². The molecule has 1 heterocycles. The van der Waals surface area contributed by atoms with Crippen LogP contribution in [0.15, 0.2) is 84.0 Å². The first kappa shape index (κ1) is 15.9. The van der Waals surface area contributed by atoms with Crippen molar-refractivity contribution < 1.29 is 4.39 Å². The summed E-state index contributed by atoms with van der Waals surface area (Å²) in [5.41, 5.74) is 3.39. The first-order valence-corrected chi connectivity index (χ1v) is 8.52. The van der Waals surface area contributed by atoms with Crippen molar-refractivity contribution in [1.82, 2.24) is 0 Å². The molecule has 0 saturated heterocycles. The fourth-order valence-electron chi connectivity index (χ4n) is 3.13. The molecule has 0 radical (unpaired) electrons. The van der Waals surface area contributed by atoms with Crippen molar-refractivity contribution in [2.75, 3.05) is 5.01 Å². The summed E-state index contributed by atoms with van der Waals surface area (Å²) in [5, 5.41) is 7.41. The Balaban J connectivity index is 1.77. The van der Waals surface area contributed by atoms with Crippen LogP contribution in [0.25, 0.3) is 0 Å². The van der Waals surface area contributed by atoms with E-state index in [9.17, 15) is 4.39 Å². The minimum Gasteiger partial charge on any atom is -0.257 e. The van der Waals surface area contributed by atoms with Crippen LogP contribution in [0.1, 0.15) is 23.6 Å². The Morgan fingerprint density at radius 3 is 2.28 bits per heavy atom. The summed E-state index contributed by atoms with van der Waals surface area (Å²) in [6.07, 6.45) is 0.636. The molecule has 4 rings (SSSR count). The van der Waals surface area contributed by atoms with Crippen molar-refractivity contribution in [2.24, 2.45) is 5.10 Å². The van der Waals surface area contributed by atoms with Crippen LogP contribution in [0.2, 0.25) is 5.02 Å². The van der Waals surface area contributed by atoms with Gasteiger partial charge >= 0.3 is 0 Å². The number of nitrogens with zero attached hydrogens (tertiary/aromatic N) is 2. The molecule has 0 N–H and O–H groups in total. The molecule has 0 bridgehead atoms. The van der Waals surface area contributed by atoms with E-state index in [0.29, 0.717) is 17.0 Å². The number of hydrogen-bond acceptors (Lipinski definition) is 2. The lowest BCUT2D eigenvalue weighted by Gasteiger charge is -2.24. The predicted molar refractivity (Wildman–Crippen MR) is 101 cm³/mol. The van der Waals surface area contributed by atoms with E-state index in [1.165, 1.54) is 6.07 Å². The van der Waals surface area contributed by atoms with Crippen molar-refractivity contribution in [3.05, 3.63) is 101 Å². The molecule has 0 fully saturated rings. The van der Waals surface area contributed by atoms with Crippen LogP contribution in [0.3, 0.4) is 0 Å². The van der Waals surface area contributed by atoms with Crippen molar-refractivity contribution in [3.63, 3.8) is 0 Å². The third-order valence-corrected chi connectivity index (χ3v) is 4.62. The SMILES string of the molecule is Fc1ccccc1C1=NN(c2ccccc2)[C@H](c2ccc(Cl)cc2)C1. The average molecular weight is 351 g/mol. The van der Waals surface area contributed by atoms with Gasteiger partial charge < -0.3 is 0 Å². The number of anilines is 1. The fourth-order valence-corrected chi connectivity index (χ4v) is 3.26. The number of rotatable bonds is 3. The zero-order chi connectivity index (χ0) is 17.2. The summed E-state index contributed by atoms with van der Waals surface area (Å²) in [7, 11) is 0. The van der Waals surface area contributed by atoms with Gasteiger partial charge in [-0.3, -0.25) is 5.01 Å². The quantitative estimate of drug-likeness (QED) is 0.579. The van der Waals surface area contributed by atoms with Gasteiger partial charge in [-0.2, -0.15) is 5.10 Å². The van der Waals surface area contributed by atoms with Crippen LogP contribution in [0, 0.1) is 5.82 Å². The lowest BCUT2D eigenvalue weighted by Crippen LogP contribution is -2.18. The van der Waals surface area contributed by atoms with Gasteiger partial charge in [-0.15, -0.1) is 0 Å². The molecule has 0 aliphatic carbocycles. The third-order valence-electron chi connectivity index (χ3n) is 4.37. The molecule has 0 saturated carbocycles. The largest absolute Gasteiger partial charge is 0.257 e. The molecule has 2 nitrogen and oxygen atoms in total. The van der Waals surface area contributed by atoms with Gasteiger partial charge in [0.25, 0.3) is 0 Å². The summed E-state index contributed by atoms with van der Waals surface area (Å²) in [6.45, 7) is 0. The van der Waals surface area contributed by atoms with Crippen molar-refractivity contribution in [2.45, 2.75) is 12.5 Å². The highest BCUT2D eigenvalue weighted by atomic mass is 35.5. The van der Waals surface area contributed by atoms with Gasteiger partial charge in [0.15, 0.2) is 0 Å². The van der Waals surface area contributed by atoms with Gasteiger partial charge in [-0.05, 0) is 35.9 Å². The van der Waals surface area contributed by atoms with E-state index < -0.39 is 0 Å². The maximum Gasteiger partial charge on any atom is 0.132 e. The smallest absolute Gasteiger partial charge is 0.132 e. The molecule has 3 aromatic carbocycles. The molecule has 0 aromatic heterocycles. The number of hydrogen-bond donors (Lipinski definition) is 0. The molecular weight excluding hydrogens is 335 g/mol. The number of halogens is 2. The molecule has 1 aliphatic rings. The van der Waals surface area contributed by atoms with Gasteiger partial charge in [-0.1, -0.05) is 60.1 Å². The van der Waals surface area contributed by atoms with Gasteiger partial charge in [-0.25, -0.2) is 4.39 Å². The van der Waals surface area contributed by atoms with Gasteiger partial charge in [0.05, 0.1) is 17.4 Å². The maximum atomic E-state index is 14.2. The van der Waals surface area contributed by atoms with Gasteiger partial charge in [0.1, 0.15) is 5.82 Å². The van der Waals surface area contributed by atoms with E-state index in [-0.39, 0.29) is 11.9 Å². The van der Waals surface area contributed by atoms with E-state index in [1.54, 1.807) is 12.1 Å². The highest BCUT2D eigenvalue weighted by Gasteiger charge is 2.30. The van der Waals surface area contributed by atoms with Crippen LogP contribution in [-0.4, -0.2) is 5.71 Å². The summed E-state index contributed by atoms with van der Waals surface area (Å²) in [4.78, 5) is 0. The van der Waals surface area contributed by atoms with E-state index in [1.807, 2.05) is 65.7 Å². The Hall–Kier alpha value is -2.65. The van der Waals surface area contributed by atoms with Crippen molar-refractivity contribution in [1.29, 1.82) is 0 Å². The molecule has 4 heteroatoms. The highest BCUT2D eigenvalue weighted by Crippen LogP contribution is 2.37. The topological polar surface area (TPSA) is 15.6 Å². The van der Waals surface area contributed by atoms with Crippen molar-refractivity contribution >= 4 is 23.0 Å². The third kappa shape index (κ3) is 3.15. The Morgan fingerprint density at radius 2 is 1.56 bits per heavy atom. The first-order valence-electron chi connectivity index (χ1n) is 8.14.